The molecule has 32 heavy (non-hydrogen) atoms. The lowest BCUT2D eigenvalue weighted by Crippen LogP contribution is -2.27. The molecule has 1 aliphatic rings. The number of carbonyl (C=O) groups excluding carboxylic acids is 3. The second-order valence-corrected chi connectivity index (χ2v) is 8.06. The average molecular weight is 431 g/mol. The van der Waals surface area contributed by atoms with E-state index in [1.54, 1.807) is 29.2 Å². The van der Waals surface area contributed by atoms with Gasteiger partial charge < -0.3 is 15.0 Å². The van der Waals surface area contributed by atoms with Gasteiger partial charge in [-0.2, -0.15) is 0 Å². The minimum Gasteiger partial charge on any atom is -0.452 e. The summed E-state index contributed by atoms with van der Waals surface area (Å²) in [7, 11) is 0. The van der Waals surface area contributed by atoms with Crippen LogP contribution in [0.2, 0.25) is 0 Å². The number of hydrogen-bond donors (Lipinski definition) is 1. The van der Waals surface area contributed by atoms with Gasteiger partial charge in [-0.05, 0) is 36.6 Å². The third-order valence-electron chi connectivity index (χ3n) is 5.42. The van der Waals surface area contributed by atoms with Crippen LogP contribution in [0.25, 0.3) is 10.9 Å². The fourth-order valence-corrected chi connectivity index (χ4v) is 3.77. The minimum absolute atomic E-state index is 0.0312. The number of hydrogen-bond acceptors (Lipinski definition) is 5. The van der Waals surface area contributed by atoms with Crippen LogP contribution in [0, 0.1) is 0 Å². The van der Waals surface area contributed by atoms with Gasteiger partial charge in [0.15, 0.2) is 6.61 Å². The molecule has 2 heterocycles. The number of carbonyl (C=O) groups is 3. The highest BCUT2D eigenvalue weighted by Gasteiger charge is 2.24. The number of rotatable bonds is 6. The summed E-state index contributed by atoms with van der Waals surface area (Å²) >= 11 is 0. The average Bonchev–Trinajstić information content (AvgIpc) is 3.22. The van der Waals surface area contributed by atoms with Crippen molar-refractivity contribution in [2.75, 3.05) is 23.4 Å². The first-order chi connectivity index (χ1) is 15.4. The number of para-hydroxylation sites is 3. The number of anilines is 2. The molecule has 7 heteroatoms. The molecule has 1 N–H and O–H groups in total. The van der Waals surface area contributed by atoms with E-state index in [4.69, 9.17) is 4.74 Å². The molecule has 2 amide bonds. The second kappa shape index (κ2) is 9.18. The predicted octanol–water partition coefficient (Wildman–Crippen LogP) is 4.28. The molecule has 3 aromatic rings. The van der Waals surface area contributed by atoms with Crippen molar-refractivity contribution in [3.8, 4) is 0 Å². The normalized spacial score (nSPS) is 13.6. The maximum Gasteiger partial charge on any atom is 0.339 e. The maximum absolute atomic E-state index is 12.8. The summed E-state index contributed by atoms with van der Waals surface area (Å²) in [6.07, 6.45) is 1.29. The van der Waals surface area contributed by atoms with Gasteiger partial charge in [0.1, 0.15) is 0 Å². The van der Waals surface area contributed by atoms with Gasteiger partial charge in [-0.15, -0.1) is 0 Å². The van der Waals surface area contributed by atoms with Crippen LogP contribution < -0.4 is 10.2 Å². The molecular weight excluding hydrogens is 406 g/mol. The van der Waals surface area contributed by atoms with Crippen LogP contribution in [0.1, 0.15) is 48.7 Å². The molecule has 0 bridgehead atoms. The van der Waals surface area contributed by atoms with E-state index in [0.29, 0.717) is 40.8 Å². The summed E-state index contributed by atoms with van der Waals surface area (Å²) < 4.78 is 5.33. The van der Waals surface area contributed by atoms with E-state index in [1.165, 1.54) is 0 Å². The third-order valence-corrected chi connectivity index (χ3v) is 5.42. The Morgan fingerprint density at radius 3 is 2.62 bits per heavy atom. The maximum atomic E-state index is 12.8. The summed E-state index contributed by atoms with van der Waals surface area (Å²) in [6, 6.07) is 16.2. The van der Waals surface area contributed by atoms with Crippen LogP contribution in [0.4, 0.5) is 11.4 Å². The minimum atomic E-state index is -0.580. The van der Waals surface area contributed by atoms with Gasteiger partial charge in [-0.25, -0.2) is 4.79 Å². The summed E-state index contributed by atoms with van der Waals surface area (Å²) in [6.45, 7) is 4.19. The molecule has 164 valence electrons. The van der Waals surface area contributed by atoms with E-state index in [9.17, 15) is 14.4 Å². The number of benzene rings is 2. The molecule has 1 aromatic heterocycles. The Balaban J connectivity index is 1.48. The Labute approximate surface area is 186 Å². The largest absolute Gasteiger partial charge is 0.452 e. The number of aromatic nitrogens is 1. The number of nitrogens with one attached hydrogen (secondary N) is 1. The first-order valence-corrected chi connectivity index (χ1v) is 10.7. The van der Waals surface area contributed by atoms with Gasteiger partial charge in [-0.3, -0.25) is 14.6 Å². The molecule has 0 saturated carbocycles. The molecular formula is C25H25N3O4. The standard InChI is InChI=1S/C25H25N3O4/c1-16(2)21-14-18(17-8-3-4-9-19(17)26-21)25(31)32-15-23(29)27-20-10-5-6-11-22(20)28-13-7-12-24(28)30/h3-6,8-11,14,16H,7,12-13,15H2,1-2H3,(H,27,29). The molecule has 2 aromatic carbocycles. The van der Waals surface area contributed by atoms with Crippen LogP contribution in [0.15, 0.2) is 54.6 Å². The Morgan fingerprint density at radius 1 is 1.12 bits per heavy atom. The highest BCUT2D eigenvalue weighted by Crippen LogP contribution is 2.29. The van der Waals surface area contributed by atoms with Gasteiger partial charge in [-0.1, -0.05) is 44.2 Å². The van der Waals surface area contributed by atoms with Gasteiger partial charge in [0.25, 0.3) is 5.91 Å². The molecule has 7 nitrogen and oxygen atoms in total. The van der Waals surface area contributed by atoms with Crippen molar-refractivity contribution in [1.82, 2.24) is 4.98 Å². The fraction of sp³-hybridized carbons (Fsp3) is 0.280. The fourth-order valence-electron chi connectivity index (χ4n) is 3.77. The van der Waals surface area contributed by atoms with E-state index in [2.05, 4.69) is 10.3 Å². The summed E-state index contributed by atoms with van der Waals surface area (Å²) in [5.74, 6) is -0.883. The van der Waals surface area contributed by atoms with Crippen LogP contribution >= 0.6 is 0 Å². The summed E-state index contributed by atoms with van der Waals surface area (Å²) in [5, 5.41) is 3.44. The quantitative estimate of drug-likeness (QED) is 0.589. The molecule has 1 aliphatic heterocycles. The lowest BCUT2D eigenvalue weighted by Gasteiger charge is -2.20. The van der Waals surface area contributed by atoms with E-state index in [-0.39, 0.29) is 11.8 Å². The molecule has 0 radical (unpaired) electrons. The predicted molar refractivity (Wildman–Crippen MR) is 123 cm³/mol. The van der Waals surface area contributed by atoms with Crippen molar-refractivity contribution in [3.63, 3.8) is 0 Å². The number of pyridine rings is 1. The molecule has 1 fully saturated rings. The monoisotopic (exact) mass is 431 g/mol. The Bertz CT molecular complexity index is 1190. The lowest BCUT2D eigenvalue weighted by molar-refractivity contribution is -0.119. The van der Waals surface area contributed by atoms with E-state index >= 15 is 0 Å². The molecule has 0 unspecified atom stereocenters. The van der Waals surface area contributed by atoms with E-state index in [1.807, 2.05) is 44.2 Å². The lowest BCUT2D eigenvalue weighted by atomic mass is 10.0. The Hall–Kier alpha value is -3.74. The number of nitrogens with zero attached hydrogens (tertiary/aromatic N) is 2. The number of amides is 2. The molecule has 0 aliphatic carbocycles. The first kappa shape index (κ1) is 21.5. The van der Waals surface area contributed by atoms with Crippen LogP contribution in [-0.4, -0.2) is 35.9 Å². The van der Waals surface area contributed by atoms with Crippen molar-refractivity contribution >= 4 is 40.1 Å². The zero-order valence-electron chi connectivity index (χ0n) is 18.1. The third kappa shape index (κ3) is 4.46. The molecule has 1 saturated heterocycles. The number of esters is 1. The zero-order chi connectivity index (χ0) is 22.7. The Kier molecular flexibility index (Phi) is 6.16. The van der Waals surface area contributed by atoms with Gasteiger partial charge in [0.2, 0.25) is 5.91 Å². The second-order valence-electron chi connectivity index (χ2n) is 8.06. The topological polar surface area (TPSA) is 88.6 Å². The molecule has 0 atom stereocenters. The van der Waals surface area contributed by atoms with Crippen molar-refractivity contribution in [2.24, 2.45) is 0 Å². The highest BCUT2D eigenvalue weighted by molar-refractivity contribution is 6.05. The van der Waals surface area contributed by atoms with Crippen LogP contribution in [-0.2, 0) is 14.3 Å². The zero-order valence-corrected chi connectivity index (χ0v) is 18.1. The number of ether oxygens (including phenoxy) is 1. The van der Waals surface area contributed by atoms with Crippen molar-refractivity contribution in [3.05, 3.63) is 65.9 Å². The van der Waals surface area contributed by atoms with Crippen LogP contribution in [0.5, 0.6) is 0 Å². The van der Waals surface area contributed by atoms with Crippen LogP contribution in [0.3, 0.4) is 0 Å². The van der Waals surface area contributed by atoms with Crippen molar-refractivity contribution in [1.29, 1.82) is 0 Å². The van der Waals surface area contributed by atoms with Crippen molar-refractivity contribution < 1.29 is 19.1 Å². The summed E-state index contributed by atoms with van der Waals surface area (Å²) in [5.41, 5.74) is 3.04. The SMILES string of the molecule is CC(C)c1cc(C(=O)OCC(=O)Nc2ccccc2N2CCCC2=O)c2ccccc2n1. The van der Waals surface area contributed by atoms with Gasteiger partial charge in [0, 0.05) is 24.0 Å². The molecule has 4 rings (SSSR count). The Morgan fingerprint density at radius 2 is 1.88 bits per heavy atom. The van der Waals surface area contributed by atoms with Gasteiger partial charge in [0.05, 0.1) is 22.5 Å². The van der Waals surface area contributed by atoms with E-state index in [0.717, 1.165) is 12.1 Å². The van der Waals surface area contributed by atoms with Crippen molar-refractivity contribution in [2.45, 2.75) is 32.6 Å². The smallest absolute Gasteiger partial charge is 0.339 e. The van der Waals surface area contributed by atoms with Gasteiger partial charge >= 0.3 is 5.97 Å². The van der Waals surface area contributed by atoms with E-state index < -0.39 is 18.5 Å². The first-order valence-electron chi connectivity index (χ1n) is 10.7. The highest BCUT2D eigenvalue weighted by atomic mass is 16.5. The summed E-state index contributed by atoms with van der Waals surface area (Å²) in [4.78, 5) is 43.7. The molecule has 0 spiro atoms. The number of fused-ring (bicyclic) bond motifs is 1.